The van der Waals surface area contributed by atoms with Gasteiger partial charge in [-0.2, -0.15) is 13.2 Å². The zero-order valence-corrected chi connectivity index (χ0v) is 9.82. The Morgan fingerprint density at radius 2 is 2.12 bits per heavy atom. The van der Waals surface area contributed by atoms with Crippen LogP contribution in [0.3, 0.4) is 0 Å². The third-order valence-corrected chi connectivity index (χ3v) is 2.37. The maximum Gasteiger partial charge on any atom is 0.406 e. The Hall–Kier alpha value is -1.05. The van der Waals surface area contributed by atoms with Gasteiger partial charge < -0.3 is 4.90 Å². The van der Waals surface area contributed by atoms with Gasteiger partial charge >= 0.3 is 6.18 Å². The highest BCUT2D eigenvalue weighted by molar-refractivity contribution is 7.71. The molecule has 1 N–H and O–H groups in total. The number of nitrogens with zero attached hydrogens (tertiary/aromatic N) is 3. The monoisotopic (exact) mass is 254 g/mol. The first-order chi connectivity index (χ1) is 7.35. The number of halogens is 3. The summed E-state index contributed by atoms with van der Waals surface area (Å²) in [6, 6.07) is 0. The second kappa shape index (κ2) is 4.86. The number of alkyl halides is 3. The van der Waals surface area contributed by atoms with Gasteiger partial charge in [-0.25, -0.2) is 5.10 Å². The van der Waals surface area contributed by atoms with Crippen molar-refractivity contribution in [2.24, 2.45) is 7.05 Å². The summed E-state index contributed by atoms with van der Waals surface area (Å²) in [7, 11) is 1.58. The second-order valence-electron chi connectivity index (χ2n) is 3.42. The summed E-state index contributed by atoms with van der Waals surface area (Å²) < 4.78 is 38.7. The maximum absolute atomic E-state index is 12.3. The molecular weight excluding hydrogens is 241 g/mol. The average molecular weight is 254 g/mol. The average Bonchev–Trinajstić information content (AvgIpc) is 2.45. The summed E-state index contributed by atoms with van der Waals surface area (Å²) in [5.74, 6) is 0.212. The minimum absolute atomic E-state index is 0.212. The van der Waals surface area contributed by atoms with Gasteiger partial charge in [-0.1, -0.05) is 6.92 Å². The van der Waals surface area contributed by atoms with Gasteiger partial charge in [0.1, 0.15) is 6.54 Å². The Labute approximate surface area is 96.1 Å². The summed E-state index contributed by atoms with van der Waals surface area (Å²) >= 11 is 4.86. The van der Waals surface area contributed by atoms with E-state index < -0.39 is 12.7 Å². The van der Waals surface area contributed by atoms with Crippen molar-refractivity contribution >= 4 is 18.2 Å². The molecule has 1 aromatic heterocycles. The van der Waals surface area contributed by atoms with Crippen molar-refractivity contribution < 1.29 is 13.2 Å². The van der Waals surface area contributed by atoms with Crippen LogP contribution in [-0.4, -0.2) is 34.0 Å². The van der Waals surface area contributed by atoms with E-state index in [0.29, 0.717) is 11.2 Å². The fraction of sp³-hybridized carbons (Fsp3) is 0.750. The molecule has 0 radical (unpaired) electrons. The molecule has 0 saturated heterocycles. The van der Waals surface area contributed by atoms with Gasteiger partial charge in [-0.3, -0.25) is 4.57 Å². The number of rotatable bonds is 4. The Bertz CT molecular complexity index is 395. The molecule has 8 heteroatoms. The fourth-order valence-electron chi connectivity index (χ4n) is 1.36. The van der Waals surface area contributed by atoms with E-state index in [2.05, 4.69) is 10.2 Å². The Balaban J connectivity index is 2.94. The van der Waals surface area contributed by atoms with Gasteiger partial charge in [0.25, 0.3) is 0 Å². The third kappa shape index (κ3) is 3.22. The number of aromatic amines is 1. The Morgan fingerprint density at radius 1 is 1.50 bits per heavy atom. The normalized spacial score (nSPS) is 11.8. The summed E-state index contributed by atoms with van der Waals surface area (Å²) in [5.41, 5.74) is 0. The summed E-state index contributed by atoms with van der Waals surface area (Å²) in [6.07, 6.45) is -3.64. The SMILES string of the molecule is CCCN(CC(F)(F)F)c1n[nH]c(=S)n1C. The van der Waals surface area contributed by atoms with Crippen molar-refractivity contribution in [3.63, 3.8) is 0 Å². The van der Waals surface area contributed by atoms with Gasteiger partial charge in [0.05, 0.1) is 0 Å². The van der Waals surface area contributed by atoms with E-state index in [-0.39, 0.29) is 12.5 Å². The number of hydrogen-bond donors (Lipinski definition) is 1. The lowest BCUT2D eigenvalue weighted by molar-refractivity contribution is -0.119. The molecule has 92 valence electrons. The predicted octanol–water partition coefficient (Wildman–Crippen LogP) is 2.26. The molecule has 1 aromatic rings. The van der Waals surface area contributed by atoms with E-state index in [1.54, 1.807) is 7.05 Å². The number of nitrogens with one attached hydrogen (secondary N) is 1. The van der Waals surface area contributed by atoms with Crippen LogP contribution in [0.25, 0.3) is 0 Å². The molecule has 0 aromatic carbocycles. The minimum Gasteiger partial charge on any atom is -0.332 e. The standard InChI is InChI=1S/C8H13F3N4S/c1-3-4-15(5-8(9,10)11)6-12-13-7(16)14(6)2/h3-5H2,1-2H3,(H,13,16). The molecule has 0 fully saturated rings. The predicted molar refractivity (Wildman–Crippen MR) is 57.0 cm³/mol. The van der Waals surface area contributed by atoms with Crippen LogP contribution < -0.4 is 4.90 Å². The smallest absolute Gasteiger partial charge is 0.332 e. The van der Waals surface area contributed by atoms with Crippen LogP contribution in [0.2, 0.25) is 0 Å². The molecule has 4 nitrogen and oxygen atoms in total. The van der Waals surface area contributed by atoms with Crippen molar-refractivity contribution in [3.8, 4) is 0 Å². The number of H-pyrrole nitrogens is 1. The maximum atomic E-state index is 12.3. The van der Waals surface area contributed by atoms with E-state index in [1.165, 1.54) is 4.57 Å². The first-order valence-corrected chi connectivity index (χ1v) is 5.19. The molecule has 0 aliphatic rings. The lowest BCUT2D eigenvalue weighted by Crippen LogP contribution is -2.36. The first kappa shape index (κ1) is 13.0. The van der Waals surface area contributed by atoms with E-state index >= 15 is 0 Å². The number of hydrogen-bond acceptors (Lipinski definition) is 3. The van der Waals surface area contributed by atoms with Gasteiger partial charge in [0.15, 0.2) is 4.77 Å². The molecule has 0 aliphatic heterocycles. The molecule has 0 atom stereocenters. The molecule has 0 aliphatic carbocycles. The summed E-state index contributed by atoms with van der Waals surface area (Å²) in [6.45, 7) is 1.08. The van der Waals surface area contributed by atoms with Crippen molar-refractivity contribution in [1.82, 2.24) is 14.8 Å². The van der Waals surface area contributed by atoms with Gasteiger partial charge in [0, 0.05) is 13.6 Å². The highest BCUT2D eigenvalue weighted by Crippen LogP contribution is 2.20. The molecule has 0 unspecified atom stereocenters. The molecular formula is C8H13F3N4S. The molecule has 0 amide bonds. The van der Waals surface area contributed by atoms with Gasteiger partial charge in [-0.15, -0.1) is 5.10 Å². The Morgan fingerprint density at radius 3 is 2.50 bits per heavy atom. The van der Waals surface area contributed by atoms with Crippen LogP contribution in [0.1, 0.15) is 13.3 Å². The largest absolute Gasteiger partial charge is 0.406 e. The zero-order chi connectivity index (χ0) is 12.3. The lowest BCUT2D eigenvalue weighted by Gasteiger charge is -2.23. The number of aromatic nitrogens is 3. The van der Waals surface area contributed by atoms with Crippen LogP contribution in [0.4, 0.5) is 19.1 Å². The quantitative estimate of drug-likeness (QED) is 0.837. The van der Waals surface area contributed by atoms with E-state index in [9.17, 15) is 13.2 Å². The highest BCUT2D eigenvalue weighted by atomic mass is 32.1. The van der Waals surface area contributed by atoms with Crippen LogP contribution in [0, 0.1) is 4.77 Å². The van der Waals surface area contributed by atoms with Crippen LogP contribution >= 0.6 is 12.2 Å². The Kier molecular flexibility index (Phi) is 3.95. The summed E-state index contributed by atoms with van der Waals surface area (Å²) in [5, 5.41) is 6.26. The molecule has 0 saturated carbocycles. The van der Waals surface area contributed by atoms with Gasteiger partial charge in [-0.05, 0) is 18.6 Å². The number of anilines is 1. The molecule has 0 spiro atoms. The molecule has 1 rings (SSSR count). The van der Waals surface area contributed by atoms with Gasteiger partial charge in [0.2, 0.25) is 5.95 Å². The topological polar surface area (TPSA) is 36.9 Å². The fourth-order valence-corrected chi connectivity index (χ4v) is 1.48. The molecule has 1 heterocycles. The van der Waals surface area contributed by atoms with Crippen LogP contribution in [-0.2, 0) is 7.05 Å². The first-order valence-electron chi connectivity index (χ1n) is 4.78. The highest BCUT2D eigenvalue weighted by Gasteiger charge is 2.32. The van der Waals surface area contributed by atoms with E-state index in [0.717, 1.165) is 4.90 Å². The molecule has 0 bridgehead atoms. The molecule has 16 heavy (non-hydrogen) atoms. The van der Waals surface area contributed by atoms with Crippen LogP contribution in [0.15, 0.2) is 0 Å². The lowest BCUT2D eigenvalue weighted by atomic mass is 10.4. The third-order valence-electron chi connectivity index (χ3n) is 2.00. The minimum atomic E-state index is -4.25. The van der Waals surface area contributed by atoms with Crippen molar-refractivity contribution in [1.29, 1.82) is 0 Å². The van der Waals surface area contributed by atoms with Crippen LogP contribution in [0.5, 0.6) is 0 Å². The second-order valence-corrected chi connectivity index (χ2v) is 3.81. The van der Waals surface area contributed by atoms with E-state index in [1.807, 2.05) is 6.92 Å². The van der Waals surface area contributed by atoms with E-state index in [4.69, 9.17) is 12.2 Å². The zero-order valence-electron chi connectivity index (χ0n) is 9.01. The van der Waals surface area contributed by atoms with Crippen molar-refractivity contribution in [2.75, 3.05) is 18.0 Å². The van der Waals surface area contributed by atoms with Crippen molar-refractivity contribution in [3.05, 3.63) is 4.77 Å². The summed E-state index contributed by atoms with van der Waals surface area (Å²) in [4.78, 5) is 1.16. The van der Waals surface area contributed by atoms with Crippen molar-refractivity contribution in [2.45, 2.75) is 19.5 Å².